The third kappa shape index (κ3) is 2.91. The number of nitrogens with zero attached hydrogens (tertiary/aromatic N) is 1. The van der Waals surface area contributed by atoms with Gasteiger partial charge in [0.1, 0.15) is 0 Å². The molecule has 1 aromatic heterocycles. The van der Waals surface area contributed by atoms with Crippen molar-refractivity contribution in [3.63, 3.8) is 0 Å². The molecule has 1 aromatic rings. The highest BCUT2D eigenvalue weighted by molar-refractivity contribution is 5.41. The third-order valence-electron chi connectivity index (χ3n) is 2.75. The summed E-state index contributed by atoms with van der Waals surface area (Å²) in [5.74, 6) is 5.32. The fourth-order valence-electron chi connectivity index (χ4n) is 1.91. The number of hydrogen-bond acceptors (Lipinski definition) is 4. The van der Waals surface area contributed by atoms with Crippen LogP contribution in [0.5, 0.6) is 0 Å². The molecular weight excluding hydrogens is 190 g/mol. The fourth-order valence-corrected chi connectivity index (χ4v) is 1.91. The Kier molecular flexibility index (Phi) is 3.53. The van der Waals surface area contributed by atoms with Crippen molar-refractivity contribution >= 4 is 5.69 Å². The van der Waals surface area contributed by atoms with Gasteiger partial charge in [0.15, 0.2) is 0 Å². The molecule has 0 saturated heterocycles. The van der Waals surface area contributed by atoms with Gasteiger partial charge in [0, 0.05) is 6.20 Å². The first-order valence-electron chi connectivity index (χ1n) is 5.41. The van der Waals surface area contributed by atoms with Crippen LogP contribution in [0.1, 0.15) is 31.4 Å². The average molecular weight is 207 g/mol. The maximum absolute atomic E-state index is 5.76. The minimum absolute atomic E-state index is 0.432. The largest absolute Gasteiger partial charge is 0.372 e. The molecule has 2 rings (SSSR count). The number of aromatic nitrogens is 1. The zero-order chi connectivity index (χ0) is 10.5. The Labute approximate surface area is 89.8 Å². The lowest BCUT2D eigenvalue weighted by molar-refractivity contribution is 0.0438. The number of rotatable bonds is 4. The number of nitrogen functional groups attached to an aromatic ring is 1. The van der Waals surface area contributed by atoms with E-state index >= 15 is 0 Å². The van der Waals surface area contributed by atoms with Crippen molar-refractivity contribution in [2.75, 3.05) is 5.43 Å². The SMILES string of the molecule is NNc1ccnc(COC2CCCC2)c1. The highest BCUT2D eigenvalue weighted by Gasteiger charge is 2.15. The molecule has 0 unspecified atom stereocenters. The predicted octanol–water partition coefficient (Wildman–Crippen LogP) is 1.83. The maximum Gasteiger partial charge on any atom is 0.0892 e. The Hall–Kier alpha value is -1.13. The summed E-state index contributed by atoms with van der Waals surface area (Å²) in [4.78, 5) is 4.23. The number of anilines is 1. The van der Waals surface area contributed by atoms with Crippen LogP contribution in [-0.4, -0.2) is 11.1 Å². The van der Waals surface area contributed by atoms with E-state index in [0.717, 1.165) is 11.4 Å². The number of pyridine rings is 1. The summed E-state index contributed by atoms with van der Waals surface area (Å²) in [6.07, 6.45) is 7.14. The molecule has 0 amide bonds. The smallest absolute Gasteiger partial charge is 0.0892 e. The van der Waals surface area contributed by atoms with E-state index in [1.807, 2.05) is 12.1 Å². The summed E-state index contributed by atoms with van der Waals surface area (Å²) in [5.41, 5.74) is 4.40. The minimum atomic E-state index is 0.432. The molecule has 4 heteroatoms. The second-order valence-electron chi connectivity index (χ2n) is 3.90. The fraction of sp³-hybridized carbons (Fsp3) is 0.545. The van der Waals surface area contributed by atoms with Crippen molar-refractivity contribution in [2.24, 2.45) is 5.84 Å². The van der Waals surface area contributed by atoms with Crippen molar-refractivity contribution in [1.29, 1.82) is 0 Å². The van der Waals surface area contributed by atoms with Crippen molar-refractivity contribution < 1.29 is 4.74 Å². The van der Waals surface area contributed by atoms with Crippen LogP contribution in [-0.2, 0) is 11.3 Å². The molecule has 0 radical (unpaired) electrons. The summed E-state index contributed by atoms with van der Waals surface area (Å²) < 4.78 is 5.76. The van der Waals surface area contributed by atoms with Gasteiger partial charge in [-0.25, -0.2) is 0 Å². The van der Waals surface area contributed by atoms with Gasteiger partial charge in [-0.2, -0.15) is 0 Å². The van der Waals surface area contributed by atoms with Crippen molar-refractivity contribution in [2.45, 2.75) is 38.4 Å². The predicted molar refractivity (Wildman–Crippen MR) is 59.1 cm³/mol. The number of nitrogens with two attached hydrogens (primary N) is 1. The molecule has 0 atom stereocenters. The van der Waals surface area contributed by atoms with E-state index < -0.39 is 0 Å². The van der Waals surface area contributed by atoms with E-state index in [-0.39, 0.29) is 0 Å². The van der Waals surface area contributed by atoms with Gasteiger partial charge in [-0.15, -0.1) is 0 Å². The second kappa shape index (κ2) is 5.09. The van der Waals surface area contributed by atoms with Gasteiger partial charge in [-0.05, 0) is 25.0 Å². The van der Waals surface area contributed by atoms with E-state index in [0.29, 0.717) is 12.7 Å². The molecule has 1 aliphatic rings. The van der Waals surface area contributed by atoms with E-state index in [1.54, 1.807) is 6.20 Å². The minimum Gasteiger partial charge on any atom is -0.372 e. The summed E-state index contributed by atoms with van der Waals surface area (Å²) in [7, 11) is 0. The lowest BCUT2D eigenvalue weighted by atomic mass is 10.3. The highest BCUT2D eigenvalue weighted by atomic mass is 16.5. The number of hydrogen-bond donors (Lipinski definition) is 2. The maximum atomic E-state index is 5.76. The molecule has 1 heterocycles. The monoisotopic (exact) mass is 207 g/mol. The highest BCUT2D eigenvalue weighted by Crippen LogP contribution is 2.22. The van der Waals surface area contributed by atoms with Gasteiger partial charge in [0.25, 0.3) is 0 Å². The summed E-state index contributed by atoms with van der Waals surface area (Å²) in [6.45, 7) is 0.584. The van der Waals surface area contributed by atoms with Crippen LogP contribution < -0.4 is 11.3 Å². The molecule has 15 heavy (non-hydrogen) atoms. The van der Waals surface area contributed by atoms with Crippen molar-refractivity contribution in [3.8, 4) is 0 Å². The van der Waals surface area contributed by atoms with E-state index in [9.17, 15) is 0 Å². The molecule has 0 spiro atoms. The Bertz CT molecular complexity index is 310. The molecule has 3 N–H and O–H groups in total. The number of ether oxygens (including phenoxy) is 1. The Morgan fingerprint density at radius 2 is 2.27 bits per heavy atom. The molecule has 0 aliphatic heterocycles. The lowest BCUT2D eigenvalue weighted by Gasteiger charge is -2.10. The average Bonchev–Trinajstić information content (AvgIpc) is 2.79. The van der Waals surface area contributed by atoms with Gasteiger partial charge >= 0.3 is 0 Å². The van der Waals surface area contributed by atoms with Gasteiger partial charge in [-0.1, -0.05) is 12.8 Å². The second-order valence-corrected chi connectivity index (χ2v) is 3.90. The van der Waals surface area contributed by atoms with Gasteiger partial charge in [0.05, 0.1) is 24.1 Å². The van der Waals surface area contributed by atoms with Gasteiger partial charge in [-0.3, -0.25) is 10.8 Å². The first-order chi connectivity index (χ1) is 7.38. The molecule has 4 nitrogen and oxygen atoms in total. The van der Waals surface area contributed by atoms with Crippen LogP contribution in [0.2, 0.25) is 0 Å². The molecule has 1 aliphatic carbocycles. The van der Waals surface area contributed by atoms with E-state index in [2.05, 4.69) is 10.4 Å². The quantitative estimate of drug-likeness (QED) is 0.584. The third-order valence-corrected chi connectivity index (χ3v) is 2.75. The zero-order valence-corrected chi connectivity index (χ0v) is 8.78. The van der Waals surface area contributed by atoms with Crippen LogP contribution >= 0.6 is 0 Å². The summed E-state index contributed by atoms with van der Waals surface area (Å²) >= 11 is 0. The van der Waals surface area contributed by atoms with Crippen molar-refractivity contribution in [3.05, 3.63) is 24.0 Å². The Morgan fingerprint density at radius 3 is 3.00 bits per heavy atom. The van der Waals surface area contributed by atoms with Crippen LogP contribution in [0.25, 0.3) is 0 Å². The number of nitrogens with one attached hydrogen (secondary N) is 1. The summed E-state index contributed by atoms with van der Waals surface area (Å²) in [6, 6.07) is 3.74. The van der Waals surface area contributed by atoms with Gasteiger partial charge in [0.2, 0.25) is 0 Å². The first kappa shape index (κ1) is 10.4. The van der Waals surface area contributed by atoms with E-state index in [4.69, 9.17) is 10.6 Å². The lowest BCUT2D eigenvalue weighted by Crippen LogP contribution is -2.10. The van der Waals surface area contributed by atoms with E-state index in [1.165, 1.54) is 25.7 Å². The first-order valence-corrected chi connectivity index (χ1v) is 5.41. The standard InChI is InChI=1S/C11H17N3O/c12-14-9-5-6-13-10(7-9)8-15-11-3-1-2-4-11/h5-7,11H,1-4,8,12H2,(H,13,14). The van der Waals surface area contributed by atoms with Crippen LogP contribution in [0.3, 0.4) is 0 Å². The molecule has 0 aromatic carbocycles. The molecule has 82 valence electrons. The van der Waals surface area contributed by atoms with Crippen LogP contribution in [0.4, 0.5) is 5.69 Å². The molecule has 1 fully saturated rings. The summed E-state index contributed by atoms with van der Waals surface area (Å²) in [5, 5.41) is 0. The normalized spacial score (nSPS) is 16.9. The van der Waals surface area contributed by atoms with Crippen LogP contribution in [0, 0.1) is 0 Å². The zero-order valence-electron chi connectivity index (χ0n) is 8.78. The topological polar surface area (TPSA) is 60.2 Å². The molecule has 1 saturated carbocycles. The Morgan fingerprint density at radius 1 is 1.47 bits per heavy atom. The molecular formula is C11H17N3O. The Balaban J connectivity index is 1.86. The molecule has 0 bridgehead atoms. The van der Waals surface area contributed by atoms with Gasteiger partial charge < -0.3 is 10.2 Å². The number of hydrazine groups is 1. The van der Waals surface area contributed by atoms with Crippen molar-refractivity contribution in [1.82, 2.24) is 4.98 Å². The van der Waals surface area contributed by atoms with Crippen LogP contribution in [0.15, 0.2) is 18.3 Å².